The Morgan fingerprint density at radius 1 is 1.59 bits per heavy atom. The van der Waals surface area contributed by atoms with Gasteiger partial charge in [0.25, 0.3) is 0 Å². The number of nitrogens with zero attached hydrogens (tertiary/aromatic N) is 2. The van der Waals surface area contributed by atoms with Gasteiger partial charge in [0.1, 0.15) is 24.1 Å². The molecule has 1 aromatic heterocycles. The van der Waals surface area contributed by atoms with E-state index < -0.39 is 36.8 Å². The number of anilines is 1. The summed E-state index contributed by atoms with van der Waals surface area (Å²) in [5.74, 6) is -0.171. The molecule has 0 aliphatic carbocycles. The predicted molar refractivity (Wildman–Crippen MR) is 75.3 cm³/mol. The van der Waals surface area contributed by atoms with Crippen molar-refractivity contribution in [2.45, 2.75) is 38.4 Å². The fourth-order valence-electron chi connectivity index (χ4n) is 2.39. The molecule has 1 fully saturated rings. The van der Waals surface area contributed by atoms with E-state index in [0.29, 0.717) is 5.56 Å². The average molecular weight is 313 g/mol. The summed E-state index contributed by atoms with van der Waals surface area (Å²) in [7, 11) is 1.38. The number of aromatic nitrogens is 2. The van der Waals surface area contributed by atoms with Gasteiger partial charge in [0.2, 0.25) is 5.91 Å². The van der Waals surface area contributed by atoms with Crippen LogP contribution in [0, 0.1) is 6.92 Å². The first kappa shape index (κ1) is 16.6. The van der Waals surface area contributed by atoms with Gasteiger partial charge in [-0.3, -0.25) is 9.36 Å². The van der Waals surface area contributed by atoms with E-state index in [1.165, 1.54) is 24.8 Å². The Morgan fingerprint density at radius 2 is 2.27 bits per heavy atom. The fraction of sp³-hybridized carbons (Fsp3) is 0.615. The number of ether oxygens (including phenoxy) is 2. The molecule has 0 saturated carbocycles. The molecule has 0 radical (unpaired) electrons. The van der Waals surface area contributed by atoms with E-state index in [9.17, 15) is 19.8 Å². The molecule has 1 saturated heterocycles. The molecule has 0 spiro atoms. The van der Waals surface area contributed by atoms with Crippen LogP contribution in [0.4, 0.5) is 5.82 Å². The van der Waals surface area contributed by atoms with Crippen molar-refractivity contribution in [2.24, 2.45) is 0 Å². The van der Waals surface area contributed by atoms with Crippen LogP contribution in [-0.4, -0.2) is 57.7 Å². The van der Waals surface area contributed by atoms with E-state index in [2.05, 4.69) is 10.3 Å². The molecular formula is C13H19N3O6. The molecule has 1 aromatic rings. The third kappa shape index (κ3) is 3.02. The minimum absolute atomic E-state index is 0.167. The van der Waals surface area contributed by atoms with Gasteiger partial charge in [-0.05, 0) is 6.92 Å². The summed E-state index contributed by atoms with van der Waals surface area (Å²) < 4.78 is 11.8. The Morgan fingerprint density at radius 3 is 2.82 bits per heavy atom. The van der Waals surface area contributed by atoms with Gasteiger partial charge in [-0.2, -0.15) is 4.98 Å². The van der Waals surface area contributed by atoms with Gasteiger partial charge in [-0.1, -0.05) is 0 Å². The van der Waals surface area contributed by atoms with Crippen molar-refractivity contribution >= 4 is 11.7 Å². The third-order valence-electron chi connectivity index (χ3n) is 3.47. The minimum atomic E-state index is -1.07. The van der Waals surface area contributed by atoms with Crippen LogP contribution in [0.15, 0.2) is 11.0 Å². The molecule has 0 unspecified atom stereocenters. The summed E-state index contributed by atoms with van der Waals surface area (Å²) in [5, 5.41) is 21.7. The Bertz CT molecular complexity index is 616. The maximum atomic E-state index is 12.1. The number of nitrogens with one attached hydrogen (secondary N) is 1. The quantitative estimate of drug-likeness (QED) is 0.636. The number of rotatable bonds is 4. The fourth-order valence-corrected chi connectivity index (χ4v) is 2.39. The molecule has 1 amide bonds. The van der Waals surface area contributed by atoms with Gasteiger partial charge in [0.15, 0.2) is 6.23 Å². The number of hydrogen-bond donors (Lipinski definition) is 3. The molecule has 9 heteroatoms. The molecular weight excluding hydrogens is 294 g/mol. The summed E-state index contributed by atoms with van der Waals surface area (Å²) >= 11 is 0. The summed E-state index contributed by atoms with van der Waals surface area (Å²) in [4.78, 5) is 27.0. The predicted octanol–water partition coefficient (Wildman–Crippen LogP) is -1.22. The van der Waals surface area contributed by atoms with E-state index in [1.807, 2.05) is 0 Å². The molecule has 3 N–H and O–H groups in total. The van der Waals surface area contributed by atoms with Crippen LogP contribution in [0.5, 0.6) is 0 Å². The summed E-state index contributed by atoms with van der Waals surface area (Å²) in [6.07, 6.45) is -2.19. The first-order valence-electron chi connectivity index (χ1n) is 6.73. The highest BCUT2D eigenvalue weighted by Crippen LogP contribution is 2.30. The van der Waals surface area contributed by atoms with E-state index >= 15 is 0 Å². The van der Waals surface area contributed by atoms with Crippen LogP contribution >= 0.6 is 0 Å². The number of carbonyl (C=O) groups is 1. The Balaban J connectivity index is 2.38. The van der Waals surface area contributed by atoms with Crippen molar-refractivity contribution in [3.63, 3.8) is 0 Å². The van der Waals surface area contributed by atoms with E-state index in [0.717, 1.165) is 0 Å². The molecule has 2 heterocycles. The van der Waals surface area contributed by atoms with Gasteiger partial charge in [-0.25, -0.2) is 4.79 Å². The number of methoxy groups -OCH3 is 1. The lowest BCUT2D eigenvalue weighted by Crippen LogP contribution is -2.37. The van der Waals surface area contributed by atoms with Crippen LogP contribution in [0.2, 0.25) is 0 Å². The van der Waals surface area contributed by atoms with Gasteiger partial charge in [0.05, 0.1) is 6.61 Å². The molecule has 0 bridgehead atoms. The molecule has 1 aliphatic rings. The normalized spacial score (nSPS) is 27.9. The Labute approximate surface area is 126 Å². The monoisotopic (exact) mass is 313 g/mol. The van der Waals surface area contributed by atoms with E-state index in [1.54, 1.807) is 6.92 Å². The number of hydrogen-bond acceptors (Lipinski definition) is 7. The molecule has 2 rings (SSSR count). The standard InChI is InChI=1S/C13H19N3O6/c1-6-4-16(13(20)15-11(6)14-7(2)18)12-10(21-3)9(19)8(5-17)22-12/h4,8-10,12,17,19H,5H2,1-3H3,(H,14,15,18,20)/t8-,9-,10-,12-/m1/s1. The molecule has 0 aromatic carbocycles. The maximum Gasteiger partial charge on any atom is 0.351 e. The van der Waals surface area contributed by atoms with Gasteiger partial charge in [0, 0.05) is 25.8 Å². The molecule has 1 aliphatic heterocycles. The maximum absolute atomic E-state index is 12.1. The number of aliphatic hydroxyl groups excluding tert-OH is 2. The van der Waals surface area contributed by atoms with Crippen molar-refractivity contribution in [3.8, 4) is 0 Å². The highest BCUT2D eigenvalue weighted by atomic mass is 16.6. The topological polar surface area (TPSA) is 123 Å². The number of carbonyl (C=O) groups excluding carboxylic acids is 1. The van der Waals surface area contributed by atoms with Crippen molar-refractivity contribution in [2.75, 3.05) is 19.0 Å². The van der Waals surface area contributed by atoms with E-state index in [-0.39, 0.29) is 11.7 Å². The van der Waals surface area contributed by atoms with Gasteiger partial charge in [-0.15, -0.1) is 0 Å². The molecule has 4 atom stereocenters. The Kier molecular flexibility index (Phi) is 4.91. The zero-order chi connectivity index (χ0) is 16.4. The largest absolute Gasteiger partial charge is 0.394 e. The number of aliphatic hydroxyl groups is 2. The number of amides is 1. The minimum Gasteiger partial charge on any atom is -0.394 e. The number of aryl methyl sites for hydroxylation is 1. The Hall–Kier alpha value is -1.81. The van der Waals surface area contributed by atoms with Crippen molar-refractivity contribution in [1.29, 1.82) is 0 Å². The molecule has 9 nitrogen and oxygen atoms in total. The summed E-state index contributed by atoms with van der Waals surface area (Å²) in [6, 6.07) is 0. The third-order valence-corrected chi connectivity index (χ3v) is 3.47. The summed E-state index contributed by atoms with van der Waals surface area (Å²) in [6.45, 7) is 2.59. The van der Waals surface area contributed by atoms with Crippen LogP contribution in [-0.2, 0) is 14.3 Å². The van der Waals surface area contributed by atoms with Crippen molar-refractivity contribution in [1.82, 2.24) is 9.55 Å². The highest BCUT2D eigenvalue weighted by molar-refractivity contribution is 5.88. The zero-order valence-electron chi connectivity index (χ0n) is 12.5. The average Bonchev–Trinajstić information content (AvgIpc) is 2.77. The van der Waals surface area contributed by atoms with Crippen molar-refractivity contribution in [3.05, 3.63) is 22.2 Å². The second-order valence-electron chi connectivity index (χ2n) is 5.08. The zero-order valence-corrected chi connectivity index (χ0v) is 12.5. The highest BCUT2D eigenvalue weighted by Gasteiger charge is 2.45. The second kappa shape index (κ2) is 6.53. The van der Waals surface area contributed by atoms with Crippen LogP contribution in [0.1, 0.15) is 18.7 Å². The van der Waals surface area contributed by atoms with Gasteiger partial charge >= 0.3 is 5.69 Å². The lowest BCUT2D eigenvalue weighted by molar-refractivity contribution is -0.114. The second-order valence-corrected chi connectivity index (χ2v) is 5.08. The smallest absolute Gasteiger partial charge is 0.351 e. The van der Waals surface area contributed by atoms with E-state index in [4.69, 9.17) is 9.47 Å². The van der Waals surface area contributed by atoms with Crippen LogP contribution in [0.3, 0.4) is 0 Å². The summed E-state index contributed by atoms with van der Waals surface area (Å²) in [5.41, 5.74) is -0.109. The molecule has 22 heavy (non-hydrogen) atoms. The van der Waals surface area contributed by atoms with Gasteiger partial charge < -0.3 is 25.0 Å². The van der Waals surface area contributed by atoms with Crippen LogP contribution in [0.25, 0.3) is 0 Å². The lowest BCUT2D eigenvalue weighted by Gasteiger charge is -2.21. The lowest BCUT2D eigenvalue weighted by atomic mass is 10.1. The van der Waals surface area contributed by atoms with Crippen molar-refractivity contribution < 1.29 is 24.5 Å². The molecule has 122 valence electrons. The van der Waals surface area contributed by atoms with Crippen LogP contribution < -0.4 is 11.0 Å². The SMILES string of the molecule is CO[C@@H]1[C@H](O)[C@@H](CO)O[C@H]1n1cc(C)c(NC(C)=O)nc1=O. The first-order chi connectivity index (χ1) is 10.4. The first-order valence-corrected chi connectivity index (χ1v) is 6.73.